The number of para-hydroxylation sites is 2. The van der Waals surface area contributed by atoms with Crippen molar-refractivity contribution in [1.82, 2.24) is 0 Å². The van der Waals surface area contributed by atoms with Gasteiger partial charge in [0.1, 0.15) is 11.5 Å². The molecule has 23 heavy (non-hydrogen) atoms. The highest BCUT2D eigenvalue weighted by Gasteiger charge is 2.04. The van der Waals surface area contributed by atoms with Crippen molar-refractivity contribution in [3.05, 3.63) is 54.1 Å². The maximum absolute atomic E-state index is 5.87. The van der Waals surface area contributed by atoms with E-state index in [9.17, 15) is 0 Å². The SMILES string of the molecule is CC(C)COc1ccccc1NCc1ccc(OC(C)C)cc1. The van der Waals surface area contributed by atoms with Crippen LogP contribution in [0.4, 0.5) is 5.69 Å². The zero-order valence-corrected chi connectivity index (χ0v) is 14.5. The number of hydrogen-bond donors (Lipinski definition) is 1. The van der Waals surface area contributed by atoms with Crippen LogP contribution in [0.3, 0.4) is 0 Å². The van der Waals surface area contributed by atoms with Crippen LogP contribution in [0.2, 0.25) is 0 Å². The normalized spacial score (nSPS) is 10.9. The Bertz CT molecular complexity index is 591. The van der Waals surface area contributed by atoms with Gasteiger partial charge < -0.3 is 14.8 Å². The van der Waals surface area contributed by atoms with Crippen molar-refractivity contribution in [3.8, 4) is 11.5 Å². The average Bonchev–Trinajstić information content (AvgIpc) is 2.52. The zero-order valence-electron chi connectivity index (χ0n) is 14.5. The van der Waals surface area contributed by atoms with Crippen LogP contribution in [0.15, 0.2) is 48.5 Å². The van der Waals surface area contributed by atoms with Crippen molar-refractivity contribution >= 4 is 5.69 Å². The largest absolute Gasteiger partial charge is 0.491 e. The second-order valence-electron chi connectivity index (χ2n) is 6.37. The van der Waals surface area contributed by atoms with Crippen molar-refractivity contribution in [1.29, 1.82) is 0 Å². The van der Waals surface area contributed by atoms with E-state index in [1.807, 2.05) is 50.2 Å². The summed E-state index contributed by atoms with van der Waals surface area (Å²) < 4.78 is 11.5. The summed E-state index contributed by atoms with van der Waals surface area (Å²) in [5, 5.41) is 3.45. The van der Waals surface area contributed by atoms with Crippen LogP contribution in [0.5, 0.6) is 11.5 Å². The van der Waals surface area contributed by atoms with Crippen LogP contribution in [-0.2, 0) is 6.54 Å². The predicted octanol–water partition coefficient (Wildman–Crippen LogP) is 5.12. The van der Waals surface area contributed by atoms with Crippen LogP contribution in [0, 0.1) is 5.92 Å². The highest BCUT2D eigenvalue weighted by atomic mass is 16.5. The molecule has 0 fully saturated rings. The molecule has 124 valence electrons. The van der Waals surface area contributed by atoms with Crippen molar-refractivity contribution in [2.45, 2.75) is 40.3 Å². The minimum absolute atomic E-state index is 0.198. The molecule has 3 heteroatoms. The van der Waals surface area contributed by atoms with E-state index in [0.29, 0.717) is 5.92 Å². The first kappa shape index (κ1) is 17.2. The van der Waals surface area contributed by atoms with Crippen LogP contribution < -0.4 is 14.8 Å². The third kappa shape index (κ3) is 5.85. The second kappa shape index (κ2) is 8.47. The molecule has 0 spiro atoms. The van der Waals surface area contributed by atoms with Crippen LogP contribution >= 0.6 is 0 Å². The lowest BCUT2D eigenvalue weighted by molar-refractivity contribution is 0.242. The third-order valence-electron chi connectivity index (χ3n) is 3.24. The van der Waals surface area contributed by atoms with E-state index in [2.05, 4.69) is 31.3 Å². The summed E-state index contributed by atoms with van der Waals surface area (Å²) in [7, 11) is 0. The molecule has 0 amide bonds. The van der Waals surface area contributed by atoms with Gasteiger partial charge in [-0.05, 0) is 49.6 Å². The smallest absolute Gasteiger partial charge is 0.142 e. The number of rotatable bonds is 8. The van der Waals surface area contributed by atoms with Gasteiger partial charge in [-0.2, -0.15) is 0 Å². The third-order valence-corrected chi connectivity index (χ3v) is 3.24. The van der Waals surface area contributed by atoms with E-state index in [1.54, 1.807) is 0 Å². The van der Waals surface area contributed by atoms with Gasteiger partial charge in [0.2, 0.25) is 0 Å². The number of ether oxygens (including phenoxy) is 2. The first-order valence-corrected chi connectivity index (χ1v) is 8.26. The van der Waals surface area contributed by atoms with Crippen molar-refractivity contribution in [2.75, 3.05) is 11.9 Å². The van der Waals surface area contributed by atoms with Gasteiger partial charge in [-0.15, -0.1) is 0 Å². The van der Waals surface area contributed by atoms with E-state index in [4.69, 9.17) is 9.47 Å². The molecule has 0 saturated carbocycles. The maximum Gasteiger partial charge on any atom is 0.142 e. The summed E-state index contributed by atoms with van der Waals surface area (Å²) in [4.78, 5) is 0. The Morgan fingerprint density at radius 1 is 0.913 bits per heavy atom. The summed E-state index contributed by atoms with van der Waals surface area (Å²) in [6.45, 7) is 9.84. The Hall–Kier alpha value is -2.16. The summed E-state index contributed by atoms with van der Waals surface area (Å²) in [5.74, 6) is 2.32. The van der Waals surface area contributed by atoms with Gasteiger partial charge >= 0.3 is 0 Å². The number of hydrogen-bond acceptors (Lipinski definition) is 3. The summed E-state index contributed by atoms with van der Waals surface area (Å²) >= 11 is 0. The topological polar surface area (TPSA) is 30.5 Å². The van der Waals surface area contributed by atoms with Gasteiger partial charge in [0, 0.05) is 6.54 Å². The van der Waals surface area contributed by atoms with E-state index in [-0.39, 0.29) is 6.10 Å². The molecule has 0 unspecified atom stereocenters. The lowest BCUT2D eigenvalue weighted by Gasteiger charge is -2.15. The molecule has 0 aromatic heterocycles. The van der Waals surface area contributed by atoms with E-state index in [0.717, 1.165) is 30.3 Å². The standard InChI is InChI=1S/C20H27NO2/c1-15(2)14-22-20-8-6-5-7-19(20)21-13-17-9-11-18(12-10-17)23-16(3)4/h5-12,15-16,21H,13-14H2,1-4H3. The molecule has 0 atom stereocenters. The fourth-order valence-electron chi connectivity index (χ4n) is 2.15. The van der Waals surface area contributed by atoms with Gasteiger partial charge in [-0.25, -0.2) is 0 Å². The van der Waals surface area contributed by atoms with E-state index in [1.165, 1.54) is 5.56 Å². The maximum atomic E-state index is 5.87. The minimum atomic E-state index is 0.198. The highest BCUT2D eigenvalue weighted by molar-refractivity contribution is 5.56. The summed E-state index contributed by atoms with van der Waals surface area (Å²) in [6.07, 6.45) is 0.198. The Labute approximate surface area is 139 Å². The van der Waals surface area contributed by atoms with Gasteiger partial charge in [-0.1, -0.05) is 38.1 Å². The Balaban J connectivity index is 1.95. The molecule has 0 aliphatic heterocycles. The fourth-order valence-corrected chi connectivity index (χ4v) is 2.15. The van der Waals surface area contributed by atoms with Gasteiger partial charge in [0.15, 0.2) is 0 Å². The molecular formula is C20H27NO2. The molecule has 0 bridgehead atoms. The first-order chi connectivity index (χ1) is 11.0. The molecule has 2 rings (SSSR count). The molecule has 0 aliphatic rings. The zero-order chi connectivity index (χ0) is 16.7. The van der Waals surface area contributed by atoms with Crippen LogP contribution in [0.1, 0.15) is 33.3 Å². The van der Waals surface area contributed by atoms with Crippen LogP contribution in [-0.4, -0.2) is 12.7 Å². The number of nitrogens with one attached hydrogen (secondary N) is 1. The number of anilines is 1. The Morgan fingerprint density at radius 2 is 1.61 bits per heavy atom. The molecular weight excluding hydrogens is 286 g/mol. The lowest BCUT2D eigenvalue weighted by Crippen LogP contribution is -2.08. The molecule has 1 N–H and O–H groups in total. The number of benzene rings is 2. The summed E-state index contributed by atoms with van der Waals surface area (Å²) in [6, 6.07) is 16.3. The average molecular weight is 313 g/mol. The Kier molecular flexibility index (Phi) is 6.33. The molecule has 2 aromatic carbocycles. The lowest BCUT2D eigenvalue weighted by atomic mass is 10.2. The monoisotopic (exact) mass is 313 g/mol. The molecule has 0 radical (unpaired) electrons. The van der Waals surface area contributed by atoms with Crippen molar-refractivity contribution < 1.29 is 9.47 Å². The van der Waals surface area contributed by atoms with Gasteiger partial charge in [0.05, 0.1) is 18.4 Å². The molecule has 3 nitrogen and oxygen atoms in total. The minimum Gasteiger partial charge on any atom is -0.491 e. The van der Waals surface area contributed by atoms with Crippen molar-refractivity contribution in [3.63, 3.8) is 0 Å². The van der Waals surface area contributed by atoms with Gasteiger partial charge in [-0.3, -0.25) is 0 Å². The Morgan fingerprint density at radius 3 is 2.26 bits per heavy atom. The first-order valence-electron chi connectivity index (χ1n) is 8.26. The highest BCUT2D eigenvalue weighted by Crippen LogP contribution is 2.25. The fraction of sp³-hybridized carbons (Fsp3) is 0.400. The molecule has 2 aromatic rings. The summed E-state index contributed by atoms with van der Waals surface area (Å²) in [5.41, 5.74) is 2.23. The van der Waals surface area contributed by atoms with Crippen LogP contribution in [0.25, 0.3) is 0 Å². The molecule has 0 heterocycles. The molecule has 0 saturated heterocycles. The quantitative estimate of drug-likeness (QED) is 0.733. The van der Waals surface area contributed by atoms with E-state index >= 15 is 0 Å². The second-order valence-corrected chi connectivity index (χ2v) is 6.37. The van der Waals surface area contributed by atoms with E-state index < -0.39 is 0 Å². The predicted molar refractivity (Wildman–Crippen MR) is 96.3 cm³/mol. The van der Waals surface area contributed by atoms with Crippen molar-refractivity contribution in [2.24, 2.45) is 5.92 Å². The molecule has 0 aliphatic carbocycles. The van der Waals surface area contributed by atoms with Gasteiger partial charge in [0.25, 0.3) is 0 Å².